The Morgan fingerprint density at radius 2 is 1.76 bits per heavy atom. The largest absolute Gasteiger partial charge is 0.480 e. The number of sulfonamides is 1. The van der Waals surface area contributed by atoms with Crippen LogP contribution in [-0.4, -0.2) is 49.3 Å². The summed E-state index contributed by atoms with van der Waals surface area (Å²) in [6.07, 6.45) is 0.750. The van der Waals surface area contributed by atoms with Gasteiger partial charge in [-0.3, -0.25) is 9.59 Å². The van der Waals surface area contributed by atoms with E-state index in [4.69, 9.17) is 5.11 Å². The second kappa shape index (κ2) is 8.75. The molecule has 1 aliphatic rings. The lowest BCUT2D eigenvalue weighted by Gasteiger charge is -2.36. The maximum atomic E-state index is 13.0. The summed E-state index contributed by atoms with van der Waals surface area (Å²) in [7, 11) is -3.66. The predicted octanol–water partition coefficient (Wildman–Crippen LogP) is 2.32. The van der Waals surface area contributed by atoms with E-state index in [0.717, 1.165) is 6.42 Å². The van der Waals surface area contributed by atoms with Crippen molar-refractivity contribution in [1.29, 1.82) is 0 Å². The number of hydrogen-bond acceptors (Lipinski definition) is 4. The minimum Gasteiger partial charge on any atom is -0.480 e. The molecule has 2 unspecified atom stereocenters. The summed E-state index contributed by atoms with van der Waals surface area (Å²) < 4.78 is 27.5. The molecule has 1 fully saturated rings. The number of aliphatic carboxylic acids is 1. The summed E-state index contributed by atoms with van der Waals surface area (Å²) in [5.74, 6) is -1.20. The first-order valence-corrected chi connectivity index (χ1v) is 10.9. The Morgan fingerprint density at radius 3 is 2.34 bits per heavy atom. The number of carbonyl (C=O) groups excluding carboxylic acids is 1. The van der Waals surface area contributed by atoms with Gasteiger partial charge in [0.15, 0.2) is 0 Å². The van der Waals surface area contributed by atoms with Crippen LogP contribution >= 0.6 is 0 Å². The zero-order valence-corrected chi connectivity index (χ0v) is 16.9. The van der Waals surface area contributed by atoms with Crippen LogP contribution in [0.5, 0.6) is 0 Å². The second-order valence-electron chi connectivity index (χ2n) is 7.25. The molecule has 154 valence electrons. The molecule has 2 N–H and O–H groups in total. The first kappa shape index (κ1) is 21.0. The van der Waals surface area contributed by atoms with E-state index in [-0.39, 0.29) is 16.4 Å². The quantitative estimate of drug-likeness (QED) is 0.752. The van der Waals surface area contributed by atoms with Gasteiger partial charge in [0.2, 0.25) is 10.0 Å². The Kier molecular flexibility index (Phi) is 6.34. The van der Waals surface area contributed by atoms with Crippen molar-refractivity contribution in [2.45, 2.75) is 24.2 Å². The monoisotopic (exact) mass is 416 g/mol. The van der Waals surface area contributed by atoms with Crippen LogP contribution in [0.15, 0.2) is 59.5 Å². The highest BCUT2D eigenvalue weighted by Gasteiger charge is 2.34. The fraction of sp³-hybridized carbons (Fsp3) is 0.333. The highest BCUT2D eigenvalue weighted by Crippen LogP contribution is 2.34. The number of carboxylic acid groups (broad SMARTS) is 1. The van der Waals surface area contributed by atoms with E-state index in [9.17, 15) is 18.0 Å². The third-order valence-electron chi connectivity index (χ3n) is 5.25. The molecule has 0 spiro atoms. The van der Waals surface area contributed by atoms with E-state index in [1.165, 1.54) is 34.1 Å². The molecule has 0 radical (unpaired) electrons. The van der Waals surface area contributed by atoms with Gasteiger partial charge in [-0.05, 0) is 48.1 Å². The third kappa shape index (κ3) is 4.83. The fourth-order valence-electron chi connectivity index (χ4n) is 3.71. The molecule has 3 rings (SSSR count). The highest BCUT2D eigenvalue weighted by molar-refractivity contribution is 7.89. The summed E-state index contributed by atoms with van der Waals surface area (Å²) in [6.45, 7) is 2.44. The van der Waals surface area contributed by atoms with Crippen molar-refractivity contribution in [1.82, 2.24) is 9.62 Å². The zero-order chi connectivity index (χ0) is 21.0. The molecule has 2 aromatic rings. The highest BCUT2D eigenvalue weighted by atomic mass is 32.2. The van der Waals surface area contributed by atoms with E-state index in [0.29, 0.717) is 19.0 Å². The van der Waals surface area contributed by atoms with Crippen LogP contribution < -0.4 is 5.32 Å². The smallest absolute Gasteiger partial charge is 0.322 e. The third-order valence-corrected chi connectivity index (χ3v) is 7.13. The molecule has 0 saturated carbocycles. The van der Waals surface area contributed by atoms with Gasteiger partial charge in [0.25, 0.3) is 5.91 Å². The van der Waals surface area contributed by atoms with E-state index in [2.05, 4.69) is 24.4 Å². The summed E-state index contributed by atoms with van der Waals surface area (Å²) in [4.78, 5) is 22.6. The summed E-state index contributed by atoms with van der Waals surface area (Å²) in [6, 6.07) is 15.7. The topological polar surface area (TPSA) is 104 Å². The number of benzene rings is 2. The maximum absolute atomic E-state index is 13.0. The summed E-state index contributed by atoms with van der Waals surface area (Å²) in [5, 5.41) is 10.9. The maximum Gasteiger partial charge on any atom is 0.322 e. The number of nitrogens with one attached hydrogen (secondary N) is 1. The van der Waals surface area contributed by atoms with Gasteiger partial charge in [-0.1, -0.05) is 37.3 Å². The van der Waals surface area contributed by atoms with Gasteiger partial charge >= 0.3 is 5.97 Å². The molecule has 2 aromatic carbocycles. The van der Waals surface area contributed by atoms with Crippen LogP contribution in [0, 0.1) is 5.92 Å². The van der Waals surface area contributed by atoms with Gasteiger partial charge in [-0.2, -0.15) is 4.31 Å². The average Bonchev–Trinajstić information content (AvgIpc) is 2.72. The molecule has 0 aromatic heterocycles. The summed E-state index contributed by atoms with van der Waals surface area (Å²) in [5.41, 5.74) is 1.44. The van der Waals surface area contributed by atoms with Crippen molar-refractivity contribution in [3.05, 3.63) is 65.7 Å². The molecule has 7 nitrogen and oxygen atoms in total. The van der Waals surface area contributed by atoms with Crippen LogP contribution in [0.4, 0.5) is 0 Å². The lowest BCUT2D eigenvalue weighted by atomic mass is 9.82. The van der Waals surface area contributed by atoms with Crippen molar-refractivity contribution >= 4 is 21.9 Å². The number of carbonyl (C=O) groups is 2. The van der Waals surface area contributed by atoms with Crippen molar-refractivity contribution < 1.29 is 23.1 Å². The average molecular weight is 416 g/mol. The van der Waals surface area contributed by atoms with Gasteiger partial charge in [0.1, 0.15) is 6.54 Å². The molecule has 8 heteroatoms. The lowest BCUT2D eigenvalue weighted by molar-refractivity contribution is -0.135. The first-order chi connectivity index (χ1) is 13.8. The summed E-state index contributed by atoms with van der Waals surface area (Å²) >= 11 is 0. The molecule has 1 amide bonds. The zero-order valence-electron chi connectivity index (χ0n) is 16.1. The fourth-order valence-corrected chi connectivity index (χ4v) is 5.26. The Morgan fingerprint density at radius 1 is 1.10 bits per heavy atom. The minimum absolute atomic E-state index is 0.123. The SMILES string of the molecule is CC1CN(S(=O)(=O)c2ccc(C(=O)NCC(=O)O)cc2)CCC1c1ccccc1. The van der Waals surface area contributed by atoms with E-state index < -0.39 is 28.4 Å². The van der Waals surface area contributed by atoms with Crippen LogP contribution in [0.1, 0.15) is 35.2 Å². The Labute approximate surface area is 170 Å². The van der Waals surface area contributed by atoms with Gasteiger partial charge in [0, 0.05) is 18.7 Å². The number of rotatable bonds is 6. The Bertz CT molecular complexity index is 974. The van der Waals surface area contributed by atoms with E-state index in [1.807, 2.05) is 18.2 Å². The molecule has 29 heavy (non-hydrogen) atoms. The molecule has 1 heterocycles. The number of amides is 1. The Hall–Kier alpha value is -2.71. The number of carboxylic acids is 1. The van der Waals surface area contributed by atoms with Crippen LogP contribution in [0.25, 0.3) is 0 Å². The van der Waals surface area contributed by atoms with Crippen molar-refractivity contribution in [3.8, 4) is 0 Å². The molecule has 0 aliphatic carbocycles. The van der Waals surface area contributed by atoms with Gasteiger partial charge < -0.3 is 10.4 Å². The second-order valence-corrected chi connectivity index (χ2v) is 9.18. The Balaban J connectivity index is 1.69. The van der Waals surface area contributed by atoms with Crippen LogP contribution in [0.2, 0.25) is 0 Å². The van der Waals surface area contributed by atoms with Crippen LogP contribution in [-0.2, 0) is 14.8 Å². The number of hydrogen-bond donors (Lipinski definition) is 2. The molecule has 1 saturated heterocycles. The van der Waals surface area contributed by atoms with Crippen molar-refractivity contribution in [2.75, 3.05) is 19.6 Å². The molecule has 0 bridgehead atoms. The molecular weight excluding hydrogens is 392 g/mol. The number of nitrogens with zero attached hydrogens (tertiary/aromatic N) is 1. The standard InChI is InChI=1S/C21H24N2O5S/c1-15-14-23(12-11-19(15)16-5-3-2-4-6-16)29(27,28)18-9-7-17(8-10-18)21(26)22-13-20(24)25/h2-10,15,19H,11-14H2,1H3,(H,22,26)(H,24,25). The molecule has 2 atom stereocenters. The van der Waals surface area contributed by atoms with Gasteiger partial charge in [0.05, 0.1) is 4.90 Å². The van der Waals surface area contributed by atoms with Crippen LogP contribution in [0.3, 0.4) is 0 Å². The minimum atomic E-state index is -3.66. The molecular formula is C21H24N2O5S. The number of piperidine rings is 1. The van der Waals surface area contributed by atoms with Gasteiger partial charge in [-0.25, -0.2) is 8.42 Å². The van der Waals surface area contributed by atoms with Crippen molar-refractivity contribution in [3.63, 3.8) is 0 Å². The van der Waals surface area contributed by atoms with Crippen molar-refractivity contribution in [2.24, 2.45) is 5.92 Å². The van der Waals surface area contributed by atoms with E-state index in [1.54, 1.807) is 0 Å². The van der Waals surface area contributed by atoms with Gasteiger partial charge in [-0.15, -0.1) is 0 Å². The lowest BCUT2D eigenvalue weighted by Crippen LogP contribution is -2.42. The first-order valence-electron chi connectivity index (χ1n) is 9.44. The predicted molar refractivity (Wildman–Crippen MR) is 108 cm³/mol. The normalized spacial score (nSPS) is 20.2. The molecule has 1 aliphatic heterocycles. The van der Waals surface area contributed by atoms with E-state index >= 15 is 0 Å².